The second kappa shape index (κ2) is 10.7. The van der Waals surface area contributed by atoms with Crippen LogP contribution in [0.15, 0.2) is 70.0 Å². The van der Waals surface area contributed by atoms with Crippen LogP contribution in [0.4, 0.5) is 11.4 Å². The molecule has 0 fully saturated rings. The molecule has 0 aliphatic rings. The summed E-state index contributed by atoms with van der Waals surface area (Å²) >= 11 is 4.96. The molecule has 1 aromatic heterocycles. The summed E-state index contributed by atoms with van der Waals surface area (Å²) in [5.74, 6) is -0.163. The van der Waals surface area contributed by atoms with E-state index in [9.17, 15) is 13.2 Å². The Bertz CT molecular complexity index is 1500. The summed E-state index contributed by atoms with van der Waals surface area (Å²) in [6.45, 7) is 8.18. The lowest BCUT2D eigenvalue weighted by molar-refractivity contribution is 0.103. The van der Waals surface area contributed by atoms with Crippen LogP contribution in [0, 0.1) is 6.92 Å². The number of nitrogens with zero attached hydrogens (tertiary/aromatic N) is 1. The smallest absolute Gasteiger partial charge is 0.265 e. The quantitative estimate of drug-likeness (QED) is 0.232. The number of fused-ring (bicyclic) bond motifs is 1. The first-order valence-electron chi connectivity index (χ1n) is 11.9. The maximum Gasteiger partial charge on any atom is 0.265 e. The molecule has 1 N–H and O–H groups in total. The van der Waals surface area contributed by atoms with Gasteiger partial charge in [0.1, 0.15) is 0 Å². The van der Waals surface area contributed by atoms with Crippen LogP contribution in [0.25, 0.3) is 10.1 Å². The van der Waals surface area contributed by atoms with Crippen molar-refractivity contribution in [1.29, 1.82) is 0 Å². The first-order chi connectivity index (χ1) is 17.2. The molecule has 1 amide bonds. The zero-order chi connectivity index (χ0) is 26.0. The number of amides is 1. The Morgan fingerprint density at radius 1 is 0.944 bits per heavy atom. The van der Waals surface area contributed by atoms with Gasteiger partial charge in [-0.25, -0.2) is 8.42 Å². The maximum atomic E-state index is 13.3. The van der Waals surface area contributed by atoms with Gasteiger partial charge in [-0.15, -0.1) is 11.3 Å². The first kappa shape index (κ1) is 26.4. The number of carbonyl (C=O) groups is 1. The van der Waals surface area contributed by atoms with Gasteiger partial charge in [0.15, 0.2) is 0 Å². The summed E-state index contributed by atoms with van der Waals surface area (Å²) in [5.41, 5.74) is 4.61. The van der Waals surface area contributed by atoms with Crippen LogP contribution in [0.3, 0.4) is 0 Å². The van der Waals surface area contributed by atoms with Gasteiger partial charge in [-0.1, -0.05) is 47.5 Å². The van der Waals surface area contributed by atoms with Gasteiger partial charge in [-0.3, -0.25) is 9.10 Å². The molecule has 0 spiro atoms. The molecular formula is C28H29BrN2O3S2. The highest BCUT2D eigenvalue weighted by Crippen LogP contribution is 2.33. The molecule has 0 aliphatic carbocycles. The predicted molar refractivity (Wildman–Crippen MR) is 154 cm³/mol. The van der Waals surface area contributed by atoms with Gasteiger partial charge in [0.2, 0.25) is 0 Å². The van der Waals surface area contributed by atoms with Gasteiger partial charge in [0.05, 0.1) is 15.5 Å². The summed E-state index contributed by atoms with van der Waals surface area (Å²) in [6.07, 6.45) is 1.61. The number of aryl methyl sites for hydroxylation is 3. The van der Waals surface area contributed by atoms with Crippen molar-refractivity contribution in [3.05, 3.63) is 86.7 Å². The largest absolute Gasteiger partial charge is 0.321 e. The van der Waals surface area contributed by atoms with E-state index in [-0.39, 0.29) is 10.8 Å². The van der Waals surface area contributed by atoms with Gasteiger partial charge in [0.25, 0.3) is 15.9 Å². The van der Waals surface area contributed by atoms with E-state index in [0.29, 0.717) is 17.1 Å². The summed E-state index contributed by atoms with van der Waals surface area (Å²) < 4.78 is 30.0. The first-order valence-corrected chi connectivity index (χ1v) is 15.0. The minimum Gasteiger partial charge on any atom is -0.321 e. The summed E-state index contributed by atoms with van der Waals surface area (Å²) in [4.78, 5) is 14.1. The minimum atomic E-state index is -3.71. The molecule has 0 saturated carbocycles. The number of anilines is 2. The topological polar surface area (TPSA) is 66.5 Å². The molecule has 8 heteroatoms. The zero-order valence-electron chi connectivity index (χ0n) is 20.8. The highest BCUT2D eigenvalue weighted by atomic mass is 79.9. The lowest BCUT2D eigenvalue weighted by Gasteiger charge is -2.23. The van der Waals surface area contributed by atoms with Crippen molar-refractivity contribution in [2.24, 2.45) is 0 Å². The molecule has 0 unspecified atom stereocenters. The third-order valence-corrected chi connectivity index (χ3v) is 9.66. The minimum absolute atomic E-state index is 0.163. The number of sulfonamides is 1. The molecule has 36 heavy (non-hydrogen) atoms. The van der Waals surface area contributed by atoms with Crippen molar-refractivity contribution in [1.82, 2.24) is 0 Å². The predicted octanol–water partition coefficient (Wildman–Crippen LogP) is 7.56. The fourth-order valence-electron chi connectivity index (χ4n) is 4.25. The van der Waals surface area contributed by atoms with E-state index in [1.165, 1.54) is 15.6 Å². The number of hydrogen-bond donors (Lipinski definition) is 1. The number of nitrogens with one attached hydrogen (secondary N) is 1. The number of thiophene rings is 1. The highest BCUT2D eigenvalue weighted by Gasteiger charge is 2.24. The number of rotatable bonds is 8. The van der Waals surface area contributed by atoms with Gasteiger partial charge in [-0.05, 0) is 91.7 Å². The van der Waals surface area contributed by atoms with Crippen LogP contribution in [-0.2, 0) is 22.9 Å². The van der Waals surface area contributed by atoms with E-state index in [1.54, 1.807) is 30.3 Å². The van der Waals surface area contributed by atoms with Gasteiger partial charge < -0.3 is 5.32 Å². The fourth-order valence-corrected chi connectivity index (χ4v) is 7.20. The number of benzene rings is 3. The molecule has 0 bridgehead atoms. The molecular weight excluding hydrogens is 556 g/mol. The van der Waals surface area contributed by atoms with Gasteiger partial charge in [0, 0.05) is 21.4 Å². The average Bonchev–Trinajstić information content (AvgIpc) is 3.29. The third-order valence-electron chi connectivity index (χ3n) is 6.17. The van der Waals surface area contributed by atoms with E-state index >= 15 is 0 Å². The van der Waals surface area contributed by atoms with E-state index < -0.39 is 10.0 Å². The van der Waals surface area contributed by atoms with Gasteiger partial charge >= 0.3 is 0 Å². The second-order valence-electron chi connectivity index (χ2n) is 8.58. The monoisotopic (exact) mass is 584 g/mol. The van der Waals surface area contributed by atoms with E-state index in [1.807, 2.05) is 44.2 Å². The molecule has 188 valence electrons. The molecule has 5 nitrogen and oxygen atoms in total. The maximum absolute atomic E-state index is 13.3. The second-order valence-corrected chi connectivity index (χ2v) is 12.4. The molecule has 4 rings (SSSR count). The SMILES string of the molecule is CCc1cc(Br)cc(CC)c1NC(=O)c1cc2cc(N(CC)S(=O)(=O)c3ccc(C)cc3)ccc2s1. The molecule has 0 atom stereocenters. The lowest BCUT2D eigenvalue weighted by atomic mass is 10.0. The Morgan fingerprint density at radius 3 is 2.17 bits per heavy atom. The van der Waals surface area contributed by atoms with Crippen molar-refractivity contribution < 1.29 is 13.2 Å². The Hall–Kier alpha value is -2.68. The normalized spacial score (nSPS) is 11.6. The van der Waals surface area contributed by atoms with Crippen LogP contribution < -0.4 is 9.62 Å². The van der Waals surface area contributed by atoms with Crippen molar-refractivity contribution in [2.45, 2.75) is 45.4 Å². The van der Waals surface area contributed by atoms with E-state index in [2.05, 4.69) is 35.1 Å². The Kier molecular flexibility index (Phi) is 7.87. The molecule has 1 heterocycles. The third kappa shape index (κ3) is 5.21. The number of halogens is 1. The molecule has 4 aromatic rings. The van der Waals surface area contributed by atoms with Crippen LogP contribution in [0.2, 0.25) is 0 Å². The standard InChI is InChI=1S/C28H29BrN2O3S2/c1-5-19-14-22(29)15-20(6-2)27(19)30-28(32)26-17-21-16-23(10-13-25(21)35-26)31(7-3)36(33,34)24-11-8-18(4)9-12-24/h8-17H,5-7H2,1-4H3,(H,30,32). The van der Waals surface area contributed by atoms with Crippen LogP contribution in [0.5, 0.6) is 0 Å². The Labute approximate surface area is 225 Å². The van der Waals surface area contributed by atoms with E-state index in [4.69, 9.17) is 0 Å². The van der Waals surface area contributed by atoms with Crippen molar-refractivity contribution >= 4 is 64.7 Å². The van der Waals surface area contributed by atoms with Crippen LogP contribution in [-0.4, -0.2) is 20.9 Å². The van der Waals surface area contributed by atoms with Crippen molar-refractivity contribution in [3.63, 3.8) is 0 Å². The van der Waals surface area contributed by atoms with Crippen molar-refractivity contribution in [3.8, 4) is 0 Å². The number of hydrogen-bond acceptors (Lipinski definition) is 4. The van der Waals surface area contributed by atoms with Crippen LogP contribution in [0.1, 0.15) is 47.1 Å². The molecule has 0 aliphatic heterocycles. The van der Waals surface area contributed by atoms with Crippen molar-refractivity contribution in [2.75, 3.05) is 16.2 Å². The molecule has 0 saturated heterocycles. The fraction of sp³-hybridized carbons (Fsp3) is 0.250. The Morgan fingerprint density at radius 2 is 1.58 bits per heavy atom. The Balaban J connectivity index is 1.66. The van der Waals surface area contributed by atoms with Gasteiger partial charge in [-0.2, -0.15) is 0 Å². The van der Waals surface area contributed by atoms with E-state index in [0.717, 1.165) is 49.8 Å². The zero-order valence-corrected chi connectivity index (χ0v) is 24.0. The number of carbonyl (C=O) groups excluding carboxylic acids is 1. The van der Waals surface area contributed by atoms with Crippen LogP contribution >= 0.6 is 27.3 Å². The summed E-state index contributed by atoms with van der Waals surface area (Å²) in [6, 6.07) is 18.3. The highest BCUT2D eigenvalue weighted by molar-refractivity contribution is 9.10. The molecule has 0 radical (unpaired) electrons. The lowest BCUT2D eigenvalue weighted by Crippen LogP contribution is -2.30. The molecule has 3 aromatic carbocycles. The summed E-state index contributed by atoms with van der Waals surface area (Å²) in [7, 11) is -3.71. The summed E-state index contributed by atoms with van der Waals surface area (Å²) in [5, 5.41) is 3.96. The average molecular weight is 586 g/mol.